The molecule has 18 heavy (non-hydrogen) atoms. The SMILES string of the molecule is O=S1(=O)CCC(C(Br)Cc2c(F)cccc2Cl)C1. The third kappa shape index (κ3) is 3.25. The van der Waals surface area contributed by atoms with Gasteiger partial charge < -0.3 is 0 Å². The van der Waals surface area contributed by atoms with Crippen molar-refractivity contribution in [2.75, 3.05) is 11.5 Å². The molecule has 0 bridgehead atoms. The number of hydrogen-bond acceptors (Lipinski definition) is 2. The van der Waals surface area contributed by atoms with E-state index in [0.717, 1.165) is 0 Å². The molecule has 2 unspecified atom stereocenters. The first kappa shape index (κ1) is 14.3. The van der Waals surface area contributed by atoms with Crippen molar-refractivity contribution in [3.8, 4) is 0 Å². The number of benzene rings is 1. The van der Waals surface area contributed by atoms with E-state index in [9.17, 15) is 12.8 Å². The van der Waals surface area contributed by atoms with Gasteiger partial charge in [0.2, 0.25) is 0 Å². The molecule has 1 aliphatic heterocycles. The summed E-state index contributed by atoms with van der Waals surface area (Å²) >= 11 is 9.43. The fraction of sp³-hybridized carbons (Fsp3) is 0.500. The van der Waals surface area contributed by atoms with E-state index in [1.54, 1.807) is 12.1 Å². The second-order valence-corrected chi connectivity index (χ2v) is 8.40. The molecule has 1 aromatic rings. The molecule has 1 aliphatic rings. The van der Waals surface area contributed by atoms with Crippen LogP contribution in [0.3, 0.4) is 0 Å². The van der Waals surface area contributed by atoms with Gasteiger partial charge in [-0.3, -0.25) is 0 Å². The Hall–Kier alpha value is -0.130. The van der Waals surface area contributed by atoms with Crippen molar-refractivity contribution in [1.82, 2.24) is 0 Å². The Labute approximate surface area is 120 Å². The lowest BCUT2D eigenvalue weighted by molar-refractivity contribution is 0.547. The molecule has 0 aliphatic carbocycles. The smallest absolute Gasteiger partial charge is 0.150 e. The first-order valence-corrected chi connectivity index (χ1v) is 8.78. The largest absolute Gasteiger partial charge is 0.229 e. The zero-order chi connectivity index (χ0) is 13.3. The first-order valence-electron chi connectivity index (χ1n) is 5.66. The molecule has 2 rings (SSSR count). The average Bonchev–Trinajstić information content (AvgIpc) is 2.64. The highest BCUT2D eigenvalue weighted by molar-refractivity contribution is 9.09. The van der Waals surface area contributed by atoms with Crippen LogP contribution in [0.1, 0.15) is 12.0 Å². The van der Waals surface area contributed by atoms with E-state index in [4.69, 9.17) is 11.6 Å². The summed E-state index contributed by atoms with van der Waals surface area (Å²) in [6.07, 6.45) is 1.04. The Morgan fingerprint density at radius 2 is 2.22 bits per heavy atom. The van der Waals surface area contributed by atoms with Gasteiger partial charge in [-0.1, -0.05) is 33.6 Å². The molecule has 1 fully saturated rings. The van der Waals surface area contributed by atoms with Crippen LogP contribution in [0, 0.1) is 11.7 Å². The normalized spacial score (nSPS) is 24.1. The standard InChI is InChI=1S/C12H13BrClFO2S/c13-10(8-4-5-18(16,17)7-8)6-9-11(14)2-1-3-12(9)15/h1-3,8,10H,4-7H2. The van der Waals surface area contributed by atoms with Gasteiger partial charge in [0.15, 0.2) is 9.84 Å². The van der Waals surface area contributed by atoms with Crippen molar-refractivity contribution >= 4 is 37.4 Å². The minimum Gasteiger partial charge on any atom is -0.229 e. The highest BCUT2D eigenvalue weighted by Gasteiger charge is 2.33. The Morgan fingerprint density at radius 1 is 1.50 bits per heavy atom. The maximum atomic E-state index is 13.6. The van der Waals surface area contributed by atoms with Gasteiger partial charge in [-0.05, 0) is 30.9 Å². The number of hydrogen-bond donors (Lipinski definition) is 0. The van der Waals surface area contributed by atoms with E-state index in [2.05, 4.69) is 15.9 Å². The number of halogens is 3. The summed E-state index contributed by atoms with van der Waals surface area (Å²) < 4.78 is 36.4. The maximum absolute atomic E-state index is 13.6. The van der Waals surface area contributed by atoms with Crippen molar-refractivity contribution in [2.45, 2.75) is 17.7 Å². The van der Waals surface area contributed by atoms with Gasteiger partial charge in [0.05, 0.1) is 11.5 Å². The van der Waals surface area contributed by atoms with Crippen LogP contribution in [0.15, 0.2) is 18.2 Å². The van der Waals surface area contributed by atoms with E-state index in [1.807, 2.05) is 0 Å². The van der Waals surface area contributed by atoms with Crippen LogP contribution in [0.25, 0.3) is 0 Å². The Balaban J connectivity index is 2.10. The average molecular weight is 356 g/mol. The Kier molecular flexibility index (Phi) is 4.34. The molecule has 0 aromatic heterocycles. The monoisotopic (exact) mass is 354 g/mol. The maximum Gasteiger partial charge on any atom is 0.150 e. The van der Waals surface area contributed by atoms with Crippen LogP contribution in [-0.2, 0) is 16.3 Å². The summed E-state index contributed by atoms with van der Waals surface area (Å²) in [5.74, 6) is 0.0956. The summed E-state index contributed by atoms with van der Waals surface area (Å²) in [6.45, 7) is 0. The molecule has 0 N–H and O–H groups in total. The highest BCUT2D eigenvalue weighted by atomic mass is 79.9. The quantitative estimate of drug-likeness (QED) is 0.780. The van der Waals surface area contributed by atoms with Gasteiger partial charge in [0.1, 0.15) is 5.82 Å². The van der Waals surface area contributed by atoms with Crippen molar-refractivity contribution in [3.05, 3.63) is 34.6 Å². The van der Waals surface area contributed by atoms with Crippen molar-refractivity contribution < 1.29 is 12.8 Å². The predicted molar refractivity (Wildman–Crippen MR) is 74.6 cm³/mol. The van der Waals surface area contributed by atoms with Crippen LogP contribution in [0.5, 0.6) is 0 Å². The minimum atomic E-state index is -2.91. The summed E-state index contributed by atoms with van der Waals surface area (Å²) in [5.41, 5.74) is 0.449. The molecular weight excluding hydrogens is 343 g/mol. The third-order valence-corrected chi connectivity index (χ3v) is 6.46. The lowest BCUT2D eigenvalue weighted by Crippen LogP contribution is -2.19. The molecule has 100 valence electrons. The second kappa shape index (κ2) is 5.47. The van der Waals surface area contributed by atoms with E-state index in [-0.39, 0.29) is 28.1 Å². The molecule has 0 spiro atoms. The van der Waals surface area contributed by atoms with Gasteiger partial charge >= 0.3 is 0 Å². The molecule has 6 heteroatoms. The number of rotatable bonds is 3. The molecular formula is C12H13BrClFO2S. The molecule has 1 saturated heterocycles. The number of sulfone groups is 1. The number of alkyl halides is 1. The fourth-order valence-corrected chi connectivity index (χ4v) is 5.34. The van der Waals surface area contributed by atoms with Gasteiger partial charge in [-0.15, -0.1) is 0 Å². The van der Waals surface area contributed by atoms with Crippen molar-refractivity contribution in [3.63, 3.8) is 0 Å². The fourth-order valence-electron chi connectivity index (χ4n) is 2.20. The Morgan fingerprint density at radius 3 is 2.78 bits per heavy atom. The summed E-state index contributed by atoms with van der Waals surface area (Å²) in [7, 11) is -2.91. The van der Waals surface area contributed by atoms with Gasteiger partial charge in [0.25, 0.3) is 0 Å². The van der Waals surface area contributed by atoms with E-state index in [0.29, 0.717) is 23.4 Å². The van der Waals surface area contributed by atoms with Crippen molar-refractivity contribution in [1.29, 1.82) is 0 Å². The van der Waals surface area contributed by atoms with Gasteiger partial charge in [0, 0.05) is 15.4 Å². The summed E-state index contributed by atoms with van der Waals surface area (Å²) in [4.78, 5) is -0.0656. The van der Waals surface area contributed by atoms with Crippen LogP contribution in [-0.4, -0.2) is 24.8 Å². The molecule has 1 heterocycles. The topological polar surface area (TPSA) is 34.1 Å². The Bertz CT molecular complexity index is 527. The summed E-state index contributed by atoms with van der Waals surface area (Å²) in [6, 6.07) is 4.57. The third-order valence-electron chi connectivity index (χ3n) is 3.24. The molecule has 0 saturated carbocycles. The summed E-state index contributed by atoms with van der Waals surface area (Å²) in [5, 5.41) is 0.389. The van der Waals surface area contributed by atoms with Crippen LogP contribution in [0.4, 0.5) is 4.39 Å². The molecule has 0 amide bonds. The lowest BCUT2D eigenvalue weighted by atomic mass is 9.98. The lowest BCUT2D eigenvalue weighted by Gasteiger charge is -2.17. The molecule has 0 radical (unpaired) electrons. The molecule has 2 atom stereocenters. The van der Waals surface area contributed by atoms with E-state index in [1.165, 1.54) is 6.07 Å². The molecule has 1 aromatic carbocycles. The second-order valence-electron chi connectivity index (χ2n) is 4.58. The first-order chi connectivity index (χ1) is 8.39. The van der Waals surface area contributed by atoms with Gasteiger partial charge in [-0.25, -0.2) is 12.8 Å². The highest BCUT2D eigenvalue weighted by Crippen LogP contribution is 2.31. The zero-order valence-electron chi connectivity index (χ0n) is 9.57. The van der Waals surface area contributed by atoms with Crippen LogP contribution < -0.4 is 0 Å². The van der Waals surface area contributed by atoms with Crippen LogP contribution >= 0.6 is 27.5 Å². The van der Waals surface area contributed by atoms with E-state index >= 15 is 0 Å². The van der Waals surface area contributed by atoms with Crippen LogP contribution in [0.2, 0.25) is 5.02 Å². The van der Waals surface area contributed by atoms with Gasteiger partial charge in [-0.2, -0.15) is 0 Å². The zero-order valence-corrected chi connectivity index (χ0v) is 12.7. The van der Waals surface area contributed by atoms with Crippen molar-refractivity contribution in [2.24, 2.45) is 5.92 Å². The molecule has 2 nitrogen and oxygen atoms in total. The minimum absolute atomic E-state index is 0.0330. The van der Waals surface area contributed by atoms with E-state index < -0.39 is 9.84 Å². The predicted octanol–water partition coefficient (Wildman–Crippen LogP) is 3.22.